The number of aliphatic hydroxyl groups is 1. The van der Waals surface area contributed by atoms with Crippen molar-refractivity contribution in [2.75, 3.05) is 32.8 Å². The molecule has 2 amide bonds. The number of piperidine rings is 1. The Hall–Kier alpha value is -3.90. The minimum Gasteiger partial charge on any atom is -0.465 e. The number of benzene rings is 2. The maximum absolute atomic E-state index is 13.5. The van der Waals surface area contributed by atoms with E-state index in [4.69, 9.17) is 27.9 Å². The van der Waals surface area contributed by atoms with Crippen LogP contribution in [0.5, 0.6) is 0 Å². The number of nitrogens with zero attached hydrogens (tertiary/aromatic N) is 5. The minimum absolute atomic E-state index is 0.0266. The van der Waals surface area contributed by atoms with E-state index < -0.39 is 17.7 Å². The van der Waals surface area contributed by atoms with Gasteiger partial charge in [0.15, 0.2) is 5.65 Å². The first-order valence-electron chi connectivity index (χ1n) is 13.8. The van der Waals surface area contributed by atoms with Gasteiger partial charge in [0, 0.05) is 35.9 Å². The molecule has 43 heavy (non-hydrogen) atoms. The van der Waals surface area contributed by atoms with E-state index in [0.717, 1.165) is 5.56 Å². The third-order valence-corrected chi connectivity index (χ3v) is 8.72. The molecule has 6 rings (SSSR count). The van der Waals surface area contributed by atoms with Gasteiger partial charge in [-0.3, -0.25) is 23.6 Å². The van der Waals surface area contributed by atoms with E-state index in [1.807, 2.05) is 12.1 Å². The zero-order valence-electron chi connectivity index (χ0n) is 23.0. The van der Waals surface area contributed by atoms with Crippen molar-refractivity contribution in [1.82, 2.24) is 23.9 Å². The molecule has 0 aliphatic carbocycles. The maximum atomic E-state index is 13.5. The van der Waals surface area contributed by atoms with Crippen LogP contribution < -0.4 is 5.56 Å². The lowest BCUT2D eigenvalue weighted by molar-refractivity contribution is -0.0299. The Morgan fingerprint density at radius 3 is 2.40 bits per heavy atom. The molecule has 11 nitrogen and oxygen atoms in total. The van der Waals surface area contributed by atoms with Gasteiger partial charge in [0.1, 0.15) is 11.5 Å². The highest BCUT2D eigenvalue weighted by molar-refractivity contribution is 6.31. The monoisotopic (exact) mass is 625 g/mol. The molecule has 13 heteroatoms. The number of carboxylic acid groups (broad SMARTS) is 1. The molecule has 2 aromatic heterocycles. The van der Waals surface area contributed by atoms with Crippen LogP contribution in [-0.4, -0.2) is 84.6 Å². The van der Waals surface area contributed by atoms with Crippen LogP contribution in [0, 0.1) is 0 Å². The van der Waals surface area contributed by atoms with E-state index in [1.54, 1.807) is 51.9 Å². The molecule has 1 unspecified atom stereocenters. The van der Waals surface area contributed by atoms with Gasteiger partial charge in [-0.1, -0.05) is 35.3 Å². The number of rotatable bonds is 5. The van der Waals surface area contributed by atoms with Gasteiger partial charge in [-0.05, 0) is 60.9 Å². The van der Waals surface area contributed by atoms with Crippen LogP contribution in [0.2, 0.25) is 10.2 Å². The summed E-state index contributed by atoms with van der Waals surface area (Å²) in [6, 6.07) is 15.0. The van der Waals surface area contributed by atoms with E-state index in [0.29, 0.717) is 66.4 Å². The Morgan fingerprint density at radius 1 is 1.02 bits per heavy atom. The van der Waals surface area contributed by atoms with Crippen LogP contribution in [-0.2, 0) is 11.3 Å². The summed E-state index contributed by atoms with van der Waals surface area (Å²) in [5.74, 6) is -0.130. The normalized spacial score (nSPS) is 18.6. The fourth-order valence-corrected chi connectivity index (χ4v) is 6.19. The van der Waals surface area contributed by atoms with Crippen molar-refractivity contribution >= 4 is 46.2 Å². The van der Waals surface area contributed by atoms with E-state index >= 15 is 0 Å². The molecule has 4 heterocycles. The number of morpholine rings is 1. The van der Waals surface area contributed by atoms with Gasteiger partial charge in [-0.2, -0.15) is 0 Å². The lowest BCUT2D eigenvalue weighted by atomic mass is 9.91. The first kappa shape index (κ1) is 29.2. The zero-order chi connectivity index (χ0) is 30.3. The number of hydrogen-bond acceptors (Lipinski definition) is 6. The highest BCUT2D eigenvalue weighted by Gasteiger charge is 2.35. The Labute approximate surface area is 256 Å². The van der Waals surface area contributed by atoms with Gasteiger partial charge in [0.05, 0.1) is 36.8 Å². The van der Waals surface area contributed by atoms with Crippen LogP contribution in [0.4, 0.5) is 4.79 Å². The van der Waals surface area contributed by atoms with Crippen molar-refractivity contribution in [1.29, 1.82) is 0 Å². The standard InChI is InChI=1S/C30H29Cl2N5O6/c31-21-5-1-20(2-6-21)27(38)34-11-9-30(42,10-12-34)17-35-18-33-26-23(28(35)39)15-25(32)37(26)22-7-3-19(4-8-22)24-16-43-14-13-36(24)29(40)41/h1-8,15,18,24,42H,9-14,16-17H2,(H,40,41). The number of hydrogen-bond donors (Lipinski definition) is 2. The maximum Gasteiger partial charge on any atom is 0.407 e. The summed E-state index contributed by atoms with van der Waals surface area (Å²) in [5, 5.41) is 22.0. The van der Waals surface area contributed by atoms with Gasteiger partial charge in [0.25, 0.3) is 11.5 Å². The first-order valence-corrected chi connectivity index (χ1v) is 14.6. The molecule has 2 saturated heterocycles. The van der Waals surface area contributed by atoms with Gasteiger partial charge in [-0.25, -0.2) is 9.78 Å². The van der Waals surface area contributed by atoms with Crippen molar-refractivity contribution in [2.45, 2.75) is 31.0 Å². The second-order valence-corrected chi connectivity index (χ2v) is 11.7. The lowest BCUT2D eigenvalue weighted by Crippen LogP contribution is -2.49. The number of amides is 2. The van der Waals surface area contributed by atoms with Gasteiger partial charge >= 0.3 is 6.09 Å². The van der Waals surface area contributed by atoms with Crippen molar-refractivity contribution in [3.63, 3.8) is 0 Å². The molecule has 4 aromatic rings. The smallest absolute Gasteiger partial charge is 0.407 e. The van der Waals surface area contributed by atoms with Gasteiger partial charge in [-0.15, -0.1) is 0 Å². The predicted octanol–water partition coefficient (Wildman–Crippen LogP) is 4.21. The highest BCUT2D eigenvalue weighted by Crippen LogP contribution is 2.30. The van der Waals surface area contributed by atoms with E-state index in [1.165, 1.54) is 15.8 Å². The summed E-state index contributed by atoms with van der Waals surface area (Å²) in [6.07, 6.45) is 1.00. The predicted molar refractivity (Wildman–Crippen MR) is 160 cm³/mol. The number of likely N-dealkylation sites (tertiary alicyclic amines) is 1. The van der Waals surface area contributed by atoms with Crippen LogP contribution in [0.1, 0.15) is 34.8 Å². The molecule has 1 atom stereocenters. The quantitative estimate of drug-likeness (QED) is 0.340. The molecule has 2 aliphatic rings. The van der Waals surface area contributed by atoms with Gasteiger partial charge in [0.2, 0.25) is 0 Å². The Balaban J connectivity index is 1.19. The summed E-state index contributed by atoms with van der Waals surface area (Å²) in [6.45, 7) is 1.63. The molecule has 2 aliphatic heterocycles. The molecule has 2 aromatic carbocycles. The molecular formula is C30H29Cl2N5O6. The third-order valence-electron chi connectivity index (χ3n) is 8.19. The van der Waals surface area contributed by atoms with Crippen molar-refractivity contribution < 1.29 is 24.5 Å². The topological polar surface area (TPSA) is 130 Å². The molecule has 2 fully saturated rings. The van der Waals surface area contributed by atoms with Gasteiger partial charge < -0.3 is 19.8 Å². The second-order valence-electron chi connectivity index (χ2n) is 10.9. The fraction of sp³-hybridized carbons (Fsp3) is 0.333. The third kappa shape index (κ3) is 5.73. The molecular weight excluding hydrogens is 597 g/mol. The average molecular weight is 626 g/mol. The number of aromatic nitrogens is 3. The Bertz CT molecular complexity index is 1730. The van der Waals surface area contributed by atoms with Crippen molar-refractivity contribution in [3.8, 4) is 5.69 Å². The van der Waals surface area contributed by atoms with E-state index in [-0.39, 0.29) is 29.8 Å². The van der Waals surface area contributed by atoms with E-state index in [9.17, 15) is 24.6 Å². The van der Waals surface area contributed by atoms with Crippen molar-refractivity contribution in [2.24, 2.45) is 0 Å². The Morgan fingerprint density at radius 2 is 1.72 bits per heavy atom. The van der Waals surface area contributed by atoms with Crippen LogP contribution in [0.25, 0.3) is 16.7 Å². The second kappa shape index (κ2) is 11.6. The number of fused-ring (bicyclic) bond motifs is 1. The van der Waals surface area contributed by atoms with Crippen LogP contribution in [0.15, 0.2) is 65.7 Å². The molecule has 0 bridgehead atoms. The number of carbonyl (C=O) groups is 2. The van der Waals surface area contributed by atoms with E-state index in [2.05, 4.69) is 4.98 Å². The fourth-order valence-electron chi connectivity index (χ4n) is 5.77. The summed E-state index contributed by atoms with van der Waals surface area (Å²) in [4.78, 5) is 45.6. The summed E-state index contributed by atoms with van der Waals surface area (Å²) in [5.41, 5.74) is 0.799. The molecule has 2 N–H and O–H groups in total. The summed E-state index contributed by atoms with van der Waals surface area (Å²) in [7, 11) is 0. The number of halogens is 2. The molecule has 224 valence electrons. The summed E-state index contributed by atoms with van der Waals surface area (Å²) < 4.78 is 8.53. The average Bonchev–Trinajstić information content (AvgIpc) is 3.35. The number of ether oxygens (including phenoxy) is 1. The largest absolute Gasteiger partial charge is 0.465 e. The SMILES string of the molecule is O=C(c1ccc(Cl)cc1)N1CCC(O)(Cn2cnc3c(cc(Cl)n3-c3ccc(C4COCCN4C(=O)O)cc3)c2=O)CC1. The number of carbonyl (C=O) groups excluding carboxylic acids is 1. The zero-order valence-corrected chi connectivity index (χ0v) is 24.5. The minimum atomic E-state index is -1.19. The molecule has 0 radical (unpaired) electrons. The molecule has 0 saturated carbocycles. The van der Waals surface area contributed by atoms with Crippen molar-refractivity contribution in [3.05, 3.63) is 92.6 Å². The Kier molecular flexibility index (Phi) is 7.91. The summed E-state index contributed by atoms with van der Waals surface area (Å²) >= 11 is 12.5. The van der Waals surface area contributed by atoms with Crippen LogP contribution >= 0.6 is 23.2 Å². The van der Waals surface area contributed by atoms with Crippen LogP contribution in [0.3, 0.4) is 0 Å². The first-order chi connectivity index (χ1) is 20.6. The lowest BCUT2D eigenvalue weighted by Gasteiger charge is -2.38. The molecule has 0 spiro atoms. The highest BCUT2D eigenvalue weighted by atomic mass is 35.5.